The van der Waals surface area contributed by atoms with Crippen LogP contribution in [0.3, 0.4) is 0 Å². The molecule has 98 valence electrons. The largest absolute Gasteiger partial charge is 0.389 e. The summed E-state index contributed by atoms with van der Waals surface area (Å²) < 4.78 is 13.6. The van der Waals surface area contributed by atoms with E-state index < -0.39 is 0 Å². The van der Waals surface area contributed by atoms with Crippen molar-refractivity contribution in [3.63, 3.8) is 0 Å². The van der Waals surface area contributed by atoms with Crippen LogP contribution < -0.4 is 11.1 Å². The Bertz CT molecular complexity index is 430. The Hall–Kier alpha value is -1.20. The summed E-state index contributed by atoms with van der Waals surface area (Å²) >= 11 is 4.76. The molecule has 1 fully saturated rings. The van der Waals surface area contributed by atoms with E-state index in [4.69, 9.17) is 18.0 Å². The lowest BCUT2D eigenvalue weighted by atomic mass is 10.2. The number of hydrogen-bond acceptors (Lipinski definition) is 3. The van der Waals surface area contributed by atoms with Crippen molar-refractivity contribution in [1.82, 2.24) is 4.90 Å². The van der Waals surface area contributed by atoms with Gasteiger partial charge in [-0.2, -0.15) is 0 Å². The molecule has 1 aromatic rings. The standard InChI is InChI=1S/C13H18FN3S/c14-12-9-10(3-4-11(12)13(15)18)16-5-8-17-6-1-2-7-17/h3-4,9,16H,1-2,5-8H2,(H2,15,18). The van der Waals surface area contributed by atoms with Crippen LogP contribution in [0.15, 0.2) is 18.2 Å². The first-order valence-corrected chi connectivity index (χ1v) is 6.63. The smallest absolute Gasteiger partial charge is 0.135 e. The Kier molecular flexibility index (Phi) is 4.49. The van der Waals surface area contributed by atoms with Crippen LogP contribution in [0.2, 0.25) is 0 Å². The van der Waals surface area contributed by atoms with Crippen LogP contribution in [0, 0.1) is 5.82 Å². The molecule has 5 heteroatoms. The fourth-order valence-corrected chi connectivity index (χ4v) is 2.36. The highest BCUT2D eigenvalue weighted by molar-refractivity contribution is 7.80. The Labute approximate surface area is 112 Å². The van der Waals surface area contributed by atoms with E-state index in [2.05, 4.69) is 10.2 Å². The zero-order chi connectivity index (χ0) is 13.0. The molecule has 0 atom stereocenters. The highest BCUT2D eigenvalue weighted by atomic mass is 32.1. The molecular formula is C13H18FN3S. The van der Waals surface area contributed by atoms with Gasteiger partial charge in [0.05, 0.1) is 0 Å². The molecule has 1 aliphatic rings. The first-order valence-electron chi connectivity index (χ1n) is 6.22. The maximum atomic E-state index is 13.6. The highest BCUT2D eigenvalue weighted by Crippen LogP contribution is 2.14. The Morgan fingerprint density at radius 2 is 2.11 bits per heavy atom. The number of nitrogens with one attached hydrogen (secondary N) is 1. The number of anilines is 1. The fourth-order valence-electron chi connectivity index (χ4n) is 2.19. The molecule has 18 heavy (non-hydrogen) atoms. The predicted molar refractivity (Wildman–Crippen MR) is 76.5 cm³/mol. The molecule has 1 aromatic carbocycles. The maximum absolute atomic E-state index is 13.6. The van der Waals surface area contributed by atoms with Gasteiger partial charge in [0.2, 0.25) is 0 Å². The predicted octanol–water partition coefficient (Wildman–Crippen LogP) is 1.97. The Morgan fingerprint density at radius 3 is 2.72 bits per heavy atom. The van der Waals surface area contributed by atoms with E-state index in [1.165, 1.54) is 32.0 Å². The minimum absolute atomic E-state index is 0.0936. The number of nitrogens with zero attached hydrogens (tertiary/aromatic N) is 1. The Morgan fingerprint density at radius 1 is 1.39 bits per heavy atom. The van der Waals surface area contributed by atoms with Gasteiger partial charge < -0.3 is 16.0 Å². The monoisotopic (exact) mass is 267 g/mol. The second kappa shape index (κ2) is 6.11. The van der Waals surface area contributed by atoms with Crippen LogP contribution in [0.4, 0.5) is 10.1 Å². The zero-order valence-electron chi connectivity index (χ0n) is 10.3. The zero-order valence-corrected chi connectivity index (χ0v) is 11.1. The molecular weight excluding hydrogens is 249 g/mol. The number of hydrogen-bond donors (Lipinski definition) is 2. The van der Waals surface area contributed by atoms with Crippen LogP contribution >= 0.6 is 12.2 Å². The van der Waals surface area contributed by atoms with E-state index in [0.717, 1.165) is 18.8 Å². The molecule has 0 aromatic heterocycles. The minimum Gasteiger partial charge on any atom is -0.389 e. The van der Waals surface area contributed by atoms with Gasteiger partial charge in [-0.05, 0) is 44.1 Å². The third kappa shape index (κ3) is 3.40. The fraction of sp³-hybridized carbons (Fsp3) is 0.462. The van der Waals surface area contributed by atoms with Crippen LogP contribution in [-0.2, 0) is 0 Å². The first kappa shape index (κ1) is 13.2. The van der Waals surface area contributed by atoms with E-state index in [1.54, 1.807) is 6.07 Å². The Balaban J connectivity index is 1.85. The van der Waals surface area contributed by atoms with Gasteiger partial charge in [0, 0.05) is 24.3 Å². The van der Waals surface area contributed by atoms with Crippen molar-refractivity contribution in [2.24, 2.45) is 5.73 Å². The summed E-state index contributed by atoms with van der Waals surface area (Å²) in [6, 6.07) is 4.87. The van der Waals surface area contributed by atoms with Gasteiger partial charge in [-0.15, -0.1) is 0 Å². The summed E-state index contributed by atoms with van der Waals surface area (Å²) in [5.41, 5.74) is 6.48. The summed E-state index contributed by atoms with van der Waals surface area (Å²) in [5.74, 6) is -0.367. The van der Waals surface area contributed by atoms with Gasteiger partial charge >= 0.3 is 0 Å². The van der Waals surface area contributed by atoms with Crippen molar-refractivity contribution in [1.29, 1.82) is 0 Å². The number of halogens is 1. The SMILES string of the molecule is NC(=S)c1ccc(NCCN2CCCC2)cc1F. The van der Waals surface area contributed by atoms with Crippen molar-refractivity contribution in [2.75, 3.05) is 31.5 Å². The van der Waals surface area contributed by atoms with Gasteiger partial charge in [-0.25, -0.2) is 4.39 Å². The van der Waals surface area contributed by atoms with Crippen molar-refractivity contribution in [2.45, 2.75) is 12.8 Å². The normalized spacial score (nSPS) is 15.8. The van der Waals surface area contributed by atoms with Gasteiger partial charge in [0.1, 0.15) is 10.8 Å². The average molecular weight is 267 g/mol. The lowest BCUT2D eigenvalue weighted by Gasteiger charge is -2.15. The summed E-state index contributed by atoms with van der Waals surface area (Å²) in [5, 5.41) is 3.21. The summed E-state index contributed by atoms with van der Waals surface area (Å²) in [4.78, 5) is 2.50. The molecule has 2 rings (SSSR count). The number of rotatable bonds is 5. The molecule has 1 heterocycles. The molecule has 0 amide bonds. The number of benzene rings is 1. The second-order valence-corrected chi connectivity index (χ2v) is 4.97. The minimum atomic E-state index is -0.367. The molecule has 1 aliphatic heterocycles. The highest BCUT2D eigenvalue weighted by Gasteiger charge is 2.10. The van der Waals surface area contributed by atoms with E-state index in [-0.39, 0.29) is 10.8 Å². The van der Waals surface area contributed by atoms with Crippen LogP contribution in [0.25, 0.3) is 0 Å². The van der Waals surface area contributed by atoms with Crippen molar-refractivity contribution >= 4 is 22.9 Å². The lowest BCUT2D eigenvalue weighted by Crippen LogP contribution is -2.26. The lowest BCUT2D eigenvalue weighted by molar-refractivity contribution is 0.352. The van der Waals surface area contributed by atoms with Crippen LogP contribution in [0.5, 0.6) is 0 Å². The molecule has 0 saturated carbocycles. The molecule has 0 unspecified atom stereocenters. The van der Waals surface area contributed by atoms with Crippen molar-refractivity contribution < 1.29 is 4.39 Å². The van der Waals surface area contributed by atoms with Gasteiger partial charge in [-0.1, -0.05) is 12.2 Å². The average Bonchev–Trinajstić information content (AvgIpc) is 2.81. The molecule has 0 radical (unpaired) electrons. The van der Waals surface area contributed by atoms with Crippen LogP contribution in [0.1, 0.15) is 18.4 Å². The number of likely N-dealkylation sites (tertiary alicyclic amines) is 1. The van der Waals surface area contributed by atoms with E-state index in [0.29, 0.717) is 5.56 Å². The van der Waals surface area contributed by atoms with Gasteiger partial charge in [0.15, 0.2) is 0 Å². The molecule has 0 bridgehead atoms. The molecule has 0 spiro atoms. The molecule has 1 saturated heterocycles. The first-order chi connectivity index (χ1) is 8.66. The third-order valence-electron chi connectivity index (χ3n) is 3.19. The summed E-state index contributed by atoms with van der Waals surface area (Å²) in [6.07, 6.45) is 2.58. The summed E-state index contributed by atoms with van der Waals surface area (Å²) in [6.45, 7) is 4.18. The van der Waals surface area contributed by atoms with Crippen molar-refractivity contribution in [3.05, 3.63) is 29.6 Å². The van der Waals surface area contributed by atoms with Crippen LogP contribution in [-0.4, -0.2) is 36.1 Å². The van der Waals surface area contributed by atoms with E-state index >= 15 is 0 Å². The van der Waals surface area contributed by atoms with Gasteiger partial charge in [0.25, 0.3) is 0 Å². The van der Waals surface area contributed by atoms with Crippen molar-refractivity contribution in [3.8, 4) is 0 Å². The number of thiocarbonyl (C=S) groups is 1. The third-order valence-corrected chi connectivity index (χ3v) is 3.41. The van der Waals surface area contributed by atoms with Gasteiger partial charge in [-0.3, -0.25) is 0 Å². The number of nitrogens with two attached hydrogens (primary N) is 1. The molecule has 0 aliphatic carbocycles. The second-order valence-electron chi connectivity index (χ2n) is 4.53. The molecule has 3 nitrogen and oxygen atoms in total. The van der Waals surface area contributed by atoms with E-state index in [9.17, 15) is 4.39 Å². The van der Waals surface area contributed by atoms with E-state index in [1.807, 2.05) is 6.07 Å². The quantitative estimate of drug-likeness (QED) is 0.800. The molecule has 3 N–H and O–H groups in total. The maximum Gasteiger partial charge on any atom is 0.135 e. The summed E-state index contributed by atoms with van der Waals surface area (Å²) in [7, 11) is 0. The topological polar surface area (TPSA) is 41.3 Å².